The minimum absolute atomic E-state index is 0.300. The van der Waals surface area contributed by atoms with Gasteiger partial charge < -0.3 is 5.32 Å². The summed E-state index contributed by atoms with van der Waals surface area (Å²) >= 11 is 7.42. The van der Waals surface area contributed by atoms with Crippen molar-refractivity contribution in [2.45, 2.75) is 19.6 Å². The number of rotatable bonds is 9. The summed E-state index contributed by atoms with van der Waals surface area (Å²) < 4.78 is 39.2. The molecule has 0 spiro atoms. The van der Waals surface area contributed by atoms with Crippen molar-refractivity contribution in [1.82, 2.24) is 5.32 Å². The number of hydrogen-bond donors (Lipinski definition) is 1. The monoisotopic (exact) mass is 458 g/mol. The summed E-state index contributed by atoms with van der Waals surface area (Å²) in [6.07, 6.45) is 1.08. The molecule has 1 N–H and O–H groups in total. The second kappa shape index (κ2) is 10.3. The van der Waals surface area contributed by atoms with Gasteiger partial charge in [0.15, 0.2) is 0 Å². The van der Waals surface area contributed by atoms with Crippen LogP contribution in [0.2, 0.25) is 5.02 Å². The zero-order valence-electron chi connectivity index (χ0n) is 16.5. The average Bonchev–Trinajstić information content (AvgIpc) is 2.59. The molecule has 2 aromatic rings. The number of benzene rings is 2. The number of nitrogens with zero attached hydrogens (tertiary/aromatic N) is 1. The number of halogens is 2. The molecule has 5 nitrogen and oxygen atoms in total. The summed E-state index contributed by atoms with van der Waals surface area (Å²) in [5.74, 6) is 0.170. The van der Waals surface area contributed by atoms with E-state index < -0.39 is 15.9 Å². The maximum Gasteiger partial charge on any atom is 0.240 e. The smallest absolute Gasteiger partial charge is 0.240 e. The minimum atomic E-state index is -3.62. The van der Waals surface area contributed by atoms with Crippen LogP contribution < -0.4 is 9.62 Å². The van der Waals surface area contributed by atoms with Gasteiger partial charge in [-0.15, -0.1) is 0 Å². The van der Waals surface area contributed by atoms with Crippen LogP contribution in [0.3, 0.4) is 0 Å². The molecule has 0 aliphatic carbocycles. The molecule has 0 atom stereocenters. The van der Waals surface area contributed by atoms with Gasteiger partial charge in [-0.1, -0.05) is 23.7 Å². The van der Waals surface area contributed by atoms with Crippen LogP contribution in [0, 0.1) is 19.7 Å². The Kier molecular flexibility index (Phi) is 8.36. The van der Waals surface area contributed by atoms with E-state index in [1.807, 2.05) is 19.9 Å². The van der Waals surface area contributed by atoms with Gasteiger partial charge in [0.25, 0.3) is 0 Å². The summed E-state index contributed by atoms with van der Waals surface area (Å²) in [5, 5.41) is 3.08. The second-order valence-electron chi connectivity index (χ2n) is 6.72. The van der Waals surface area contributed by atoms with Gasteiger partial charge in [-0.05, 0) is 49.2 Å². The van der Waals surface area contributed by atoms with Crippen molar-refractivity contribution in [2.24, 2.45) is 0 Å². The standard InChI is InChI=1S/C20H24ClFN2O3S2/c1-14-9-15(2)11-16(10-14)24(29(3,26)27)12-20(25)23-7-8-28-13-17-18(21)5-4-6-19(17)22/h4-6,9-11H,7-8,12-13H2,1-3H3,(H,23,25). The Morgan fingerprint density at radius 3 is 2.45 bits per heavy atom. The number of aryl methyl sites for hydroxylation is 2. The molecule has 9 heteroatoms. The van der Waals surface area contributed by atoms with Crippen LogP contribution >= 0.6 is 23.4 Å². The fourth-order valence-electron chi connectivity index (χ4n) is 2.79. The maximum absolute atomic E-state index is 13.7. The van der Waals surface area contributed by atoms with E-state index in [-0.39, 0.29) is 12.4 Å². The van der Waals surface area contributed by atoms with Crippen molar-refractivity contribution in [1.29, 1.82) is 0 Å². The zero-order valence-corrected chi connectivity index (χ0v) is 18.9. The van der Waals surface area contributed by atoms with Gasteiger partial charge in [-0.2, -0.15) is 11.8 Å². The molecule has 2 aromatic carbocycles. The molecule has 0 fully saturated rings. The van der Waals surface area contributed by atoms with E-state index in [0.717, 1.165) is 21.7 Å². The Morgan fingerprint density at radius 1 is 1.21 bits per heavy atom. The molecule has 158 valence electrons. The first-order valence-electron chi connectivity index (χ1n) is 8.91. The lowest BCUT2D eigenvalue weighted by molar-refractivity contribution is -0.119. The van der Waals surface area contributed by atoms with Crippen molar-refractivity contribution in [3.63, 3.8) is 0 Å². The van der Waals surface area contributed by atoms with Crippen molar-refractivity contribution < 1.29 is 17.6 Å². The quantitative estimate of drug-likeness (QED) is 0.578. The summed E-state index contributed by atoms with van der Waals surface area (Å²) in [7, 11) is -3.62. The highest BCUT2D eigenvalue weighted by molar-refractivity contribution is 7.98. The van der Waals surface area contributed by atoms with Gasteiger partial charge in [-0.25, -0.2) is 12.8 Å². The molecule has 0 saturated heterocycles. The highest BCUT2D eigenvalue weighted by Crippen LogP contribution is 2.24. The van der Waals surface area contributed by atoms with E-state index in [0.29, 0.717) is 34.3 Å². The number of thioether (sulfide) groups is 1. The number of carbonyl (C=O) groups is 1. The summed E-state index contributed by atoms with van der Waals surface area (Å²) in [5.41, 5.74) is 2.72. The van der Waals surface area contributed by atoms with Gasteiger partial charge in [0.05, 0.1) is 11.9 Å². The number of nitrogens with one attached hydrogen (secondary N) is 1. The van der Waals surface area contributed by atoms with Gasteiger partial charge in [0, 0.05) is 28.6 Å². The first-order valence-corrected chi connectivity index (χ1v) is 12.3. The lowest BCUT2D eigenvalue weighted by Gasteiger charge is -2.22. The summed E-state index contributed by atoms with van der Waals surface area (Å²) in [6.45, 7) is 3.78. The van der Waals surface area contributed by atoms with Crippen molar-refractivity contribution in [2.75, 3.05) is 29.4 Å². The molecule has 1 amide bonds. The Labute approximate surface area is 180 Å². The third-order valence-corrected chi connectivity index (χ3v) is 6.54. The number of sulfonamides is 1. The zero-order chi connectivity index (χ0) is 21.6. The van der Waals surface area contributed by atoms with Crippen LogP contribution in [0.5, 0.6) is 0 Å². The van der Waals surface area contributed by atoms with Gasteiger partial charge in [0.1, 0.15) is 12.4 Å². The molecule has 0 aliphatic rings. The maximum atomic E-state index is 13.7. The Bertz CT molecular complexity index is 943. The molecule has 0 aliphatic heterocycles. The van der Waals surface area contributed by atoms with E-state index >= 15 is 0 Å². The third-order valence-electron chi connectivity index (χ3n) is 4.06. The molecule has 0 aromatic heterocycles. The lowest BCUT2D eigenvalue weighted by Crippen LogP contribution is -2.41. The molecule has 0 radical (unpaired) electrons. The van der Waals surface area contributed by atoms with E-state index in [4.69, 9.17) is 11.6 Å². The van der Waals surface area contributed by atoms with Crippen molar-refractivity contribution >= 4 is 45.0 Å². The Balaban J connectivity index is 1.89. The molecule has 0 heterocycles. The SMILES string of the molecule is Cc1cc(C)cc(N(CC(=O)NCCSCc2c(F)cccc2Cl)S(C)(=O)=O)c1. The first-order chi connectivity index (χ1) is 13.6. The first kappa shape index (κ1) is 23.5. The molecular weight excluding hydrogens is 435 g/mol. The van der Waals surface area contributed by atoms with Gasteiger partial charge >= 0.3 is 0 Å². The van der Waals surface area contributed by atoms with Crippen molar-refractivity contribution in [3.05, 3.63) is 63.9 Å². The Morgan fingerprint density at radius 2 is 1.86 bits per heavy atom. The Hall–Kier alpha value is -1.77. The molecule has 2 rings (SSSR count). The lowest BCUT2D eigenvalue weighted by atomic mass is 10.1. The van der Waals surface area contributed by atoms with E-state index in [1.54, 1.807) is 24.3 Å². The fourth-order valence-corrected chi connectivity index (χ4v) is 4.83. The van der Waals surface area contributed by atoms with Gasteiger partial charge in [0.2, 0.25) is 15.9 Å². The third kappa shape index (κ3) is 7.21. The molecule has 0 saturated carbocycles. The fraction of sp³-hybridized carbons (Fsp3) is 0.350. The molecular formula is C20H24ClFN2O3S2. The van der Waals surface area contributed by atoms with Crippen LogP contribution in [0.4, 0.5) is 10.1 Å². The number of anilines is 1. The summed E-state index contributed by atoms with van der Waals surface area (Å²) in [4.78, 5) is 12.3. The molecule has 0 bridgehead atoms. The molecule has 0 unspecified atom stereocenters. The predicted molar refractivity (Wildman–Crippen MR) is 119 cm³/mol. The number of hydrogen-bond acceptors (Lipinski definition) is 4. The topological polar surface area (TPSA) is 66.5 Å². The predicted octanol–water partition coefficient (Wildman–Crippen LogP) is 3.91. The minimum Gasteiger partial charge on any atom is -0.354 e. The van der Waals surface area contributed by atoms with Gasteiger partial charge in [-0.3, -0.25) is 9.10 Å². The largest absolute Gasteiger partial charge is 0.354 e. The average molecular weight is 459 g/mol. The van der Waals surface area contributed by atoms with E-state index in [1.165, 1.54) is 17.8 Å². The molecule has 29 heavy (non-hydrogen) atoms. The van der Waals surface area contributed by atoms with Crippen LogP contribution in [0.1, 0.15) is 16.7 Å². The van der Waals surface area contributed by atoms with Crippen molar-refractivity contribution in [3.8, 4) is 0 Å². The second-order valence-corrected chi connectivity index (χ2v) is 10.1. The van der Waals surface area contributed by atoms with Crippen LogP contribution in [-0.2, 0) is 20.6 Å². The van der Waals surface area contributed by atoms with E-state index in [2.05, 4.69) is 5.32 Å². The normalized spacial score (nSPS) is 11.3. The van der Waals surface area contributed by atoms with Crippen LogP contribution in [0.15, 0.2) is 36.4 Å². The highest BCUT2D eigenvalue weighted by atomic mass is 35.5. The van der Waals surface area contributed by atoms with Crippen LogP contribution in [-0.4, -0.2) is 39.4 Å². The number of carbonyl (C=O) groups excluding carboxylic acids is 1. The van der Waals surface area contributed by atoms with E-state index in [9.17, 15) is 17.6 Å². The summed E-state index contributed by atoms with van der Waals surface area (Å²) in [6, 6.07) is 9.94. The van der Waals surface area contributed by atoms with Crippen LogP contribution in [0.25, 0.3) is 0 Å². The highest BCUT2D eigenvalue weighted by Gasteiger charge is 2.21. The number of amides is 1.